The van der Waals surface area contributed by atoms with E-state index in [2.05, 4.69) is 10.3 Å². The van der Waals surface area contributed by atoms with E-state index >= 15 is 0 Å². The van der Waals surface area contributed by atoms with Crippen molar-refractivity contribution in [2.45, 2.75) is 20.0 Å². The molecule has 5 nitrogen and oxygen atoms in total. The number of benzene rings is 1. The van der Waals surface area contributed by atoms with Crippen molar-refractivity contribution in [2.24, 2.45) is 0 Å². The van der Waals surface area contributed by atoms with Crippen LogP contribution in [0, 0.1) is 6.92 Å². The van der Waals surface area contributed by atoms with Gasteiger partial charge in [0.05, 0.1) is 23.4 Å². The minimum Gasteiger partial charge on any atom is -0.462 e. The molecule has 0 spiro atoms. The fraction of sp³-hybridized carbons (Fsp3) is 0.235. The number of carbonyl (C=O) groups excluding carboxylic acids is 2. The topological polar surface area (TPSA) is 68.3 Å². The molecular weight excluding hydrogens is 337 g/mol. The zero-order chi connectivity index (χ0) is 18.6. The third kappa shape index (κ3) is 4.56. The van der Waals surface area contributed by atoms with E-state index in [4.69, 9.17) is 4.74 Å². The second kappa shape index (κ2) is 7.33. The van der Waals surface area contributed by atoms with Gasteiger partial charge < -0.3 is 10.1 Å². The first kappa shape index (κ1) is 18.4. The molecule has 0 bridgehead atoms. The van der Waals surface area contributed by atoms with E-state index in [0.29, 0.717) is 5.69 Å². The van der Waals surface area contributed by atoms with Crippen LogP contribution in [0.3, 0.4) is 0 Å². The number of aromatic nitrogens is 1. The molecule has 132 valence electrons. The molecule has 1 aromatic carbocycles. The summed E-state index contributed by atoms with van der Waals surface area (Å²) in [5.74, 6) is -1.14. The van der Waals surface area contributed by atoms with Crippen LogP contribution in [-0.2, 0) is 10.9 Å². The number of hydrogen-bond donors (Lipinski definition) is 1. The summed E-state index contributed by atoms with van der Waals surface area (Å²) < 4.78 is 42.4. The molecule has 0 unspecified atom stereocenters. The molecule has 1 heterocycles. The van der Waals surface area contributed by atoms with Gasteiger partial charge in [0, 0.05) is 5.69 Å². The number of amides is 1. The predicted octanol–water partition coefficient (Wildman–Crippen LogP) is 3.84. The molecule has 1 amide bonds. The third-order valence-electron chi connectivity index (χ3n) is 3.28. The highest BCUT2D eigenvalue weighted by molar-refractivity contribution is 6.03. The van der Waals surface area contributed by atoms with Gasteiger partial charge in [-0.1, -0.05) is 0 Å². The summed E-state index contributed by atoms with van der Waals surface area (Å²) >= 11 is 0. The van der Waals surface area contributed by atoms with Crippen LogP contribution in [0.15, 0.2) is 36.4 Å². The largest absolute Gasteiger partial charge is 0.462 e. The smallest absolute Gasteiger partial charge is 0.416 e. The summed E-state index contributed by atoms with van der Waals surface area (Å²) in [5, 5.41) is 2.45. The number of nitrogens with one attached hydrogen (secondary N) is 1. The summed E-state index contributed by atoms with van der Waals surface area (Å²) in [5.41, 5.74) is -0.0120. The fourth-order valence-electron chi connectivity index (χ4n) is 2.05. The van der Waals surface area contributed by atoms with Crippen LogP contribution in [0.25, 0.3) is 0 Å². The number of hydrogen-bond acceptors (Lipinski definition) is 4. The number of esters is 1. The number of ether oxygens (including phenoxy) is 1. The molecule has 0 saturated carbocycles. The van der Waals surface area contributed by atoms with Gasteiger partial charge in [0.25, 0.3) is 5.91 Å². The standard InChI is InChI=1S/C17H15F3N2O3/c1-3-25-16(24)13-8-9-14(21-10(13)2)15(23)22-12-6-4-11(5-7-12)17(18,19)20/h4-9H,3H2,1-2H3,(H,22,23). The van der Waals surface area contributed by atoms with E-state index < -0.39 is 23.6 Å². The molecular formula is C17H15F3N2O3. The highest BCUT2D eigenvalue weighted by atomic mass is 19.4. The Balaban J connectivity index is 2.13. The van der Waals surface area contributed by atoms with Crippen LogP contribution in [0.2, 0.25) is 0 Å². The van der Waals surface area contributed by atoms with Crippen LogP contribution < -0.4 is 5.32 Å². The average molecular weight is 352 g/mol. The number of carbonyl (C=O) groups is 2. The van der Waals surface area contributed by atoms with E-state index in [9.17, 15) is 22.8 Å². The van der Waals surface area contributed by atoms with E-state index in [0.717, 1.165) is 24.3 Å². The number of nitrogens with zero attached hydrogens (tertiary/aromatic N) is 1. The molecule has 0 fully saturated rings. The van der Waals surface area contributed by atoms with Gasteiger partial charge in [-0.25, -0.2) is 9.78 Å². The molecule has 0 saturated heterocycles. The van der Waals surface area contributed by atoms with Gasteiger partial charge in [0.2, 0.25) is 0 Å². The van der Waals surface area contributed by atoms with E-state index in [-0.39, 0.29) is 23.6 Å². The van der Waals surface area contributed by atoms with Crippen LogP contribution >= 0.6 is 0 Å². The fourth-order valence-corrected chi connectivity index (χ4v) is 2.05. The van der Waals surface area contributed by atoms with E-state index in [1.54, 1.807) is 13.8 Å². The number of rotatable bonds is 4. The first-order chi connectivity index (χ1) is 11.7. The van der Waals surface area contributed by atoms with Crippen molar-refractivity contribution in [1.82, 2.24) is 4.98 Å². The van der Waals surface area contributed by atoms with Gasteiger partial charge in [0.15, 0.2) is 0 Å². The lowest BCUT2D eigenvalue weighted by atomic mass is 10.1. The third-order valence-corrected chi connectivity index (χ3v) is 3.28. The molecule has 2 aromatic rings. The number of alkyl halides is 3. The van der Waals surface area contributed by atoms with Crippen LogP contribution in [0.5, 0.6) is 0 Å². The Bertz CT molecular complexity index is 787. The van der Waals surface area contributed by atoms with Crippen LogP contribution in [0.1, 0.15) is 39.0 Å². The van der Waals surface area contributed by atoms with Crippen molar-refractivity contribution in [3.63, 3.8) is 0 Å². The molecule has 0 radical (unpaired) electrons. The Hall–Kier alpha value is -2.90. The van der Waals surface area contributed by atoms with Gasteiger partial charge in [-0.3, -0.25) is 4.79 Å². The Kier molecular flexibility index (Phi) is 5.41. The van der Waals surface area contributed by atoms with Gasteiger partial charge in [0.1, 0.15) is 5.69 Å². The number of pyridine rings is 1. The van der Waals surface area contributed by atoms with E-state index in [1.165, 1.54) is 12.1 Å². The van der Waals surface area contributed by atoms with Crippen molar-refractivity contribution in [3.8, 4) is 0 Å². The lowest BCUT2D eigenvalue weighted by Gasteiger charge is -2.10. The summed E-state index contributed by atoms with van der Waals surface area (Å²) in [6.07, 6.45) is -4.44. The number of halogens is 3. The summed E-state index contributed by atoms with van der Waals surface area (Å²) in [6.45, 7) is 3.45. The Morgan fingerprint density at radius 1 is 1.12 bits per heavy atom. The SMILES string of the molecule is CCOC(=O)c1ccc(C(=O)Nc2ccc(C(F)(F)F)cc2)nc1C. The molecule has 1 aromatic heterocycles. The molecule has 0 atom stereocenters. The maximum Gasteiger partial charge on any atom is 0.416 e. The molecule has 1 N–H and O–H groups in total. The second-order valence-electron chi connectivity index (χ2n) is 5.08. The maximum absolute atomic E-state index is 12.5. The highest BCUT2D eigenvalue weighted by Gasteiger charge is 2.30. The quantitative estimate of drug-likeness (QED) is 0.849. The van der Waals surface area contributed by atoms with Gasteiger partial charge >= 0.3 is 12.1 Å². The molecule has 0 aliphatic heterocycles. The summed E-state index contributed by atoms with van der Waals surface area (Å²) in [7, 11) is 0. The maximum atomic E-state index is 12.5. The zero-order valence-electron chi connectivity index (χ0n) is 13.5. The number of anilines is 1. The second-order valence-corrected chi connectivity index (χ2v) is 5.08. The van der Waals surface area contributed by atoms with Crippen LogP contribution in [-0.4, -0.2) is 23.5 Å². The van der Waals surface area contributed by atoms with Gasteiger partial charge in [-0.2, -0.15) is 13.2 Å². The first-order valence-electron chi connectivity index (χ1n) is 7.35. The Morgan fingerprint density at radius 3 is 2.28 bits per heavy atom. The van der Waals surface area contributed by atoms with Gasteiger partial charge in [-0.05, 0) is 50.2 Å². The minimum atomic E-state index is -4.44. The molecule has 25 heavy (non-hydrogen) atoms. The lowest BCUT2D eigenvalue weighted by Crippen LogP contribution is -2.16. The zero-order valence-corrected chi connectivity index (χ0v) is 13.5. The highest BCUT2D eigenvalue weighted by Crippen LogP contribution is 2.29. The molecule has 0 aliphatic rings. The molecule has 2 rings (SSSR count). The van der Waals surface area contributed by atoms with Crippen molar-refractivity contribution in [2.75, 3.05) is 11.9 Å². The van der Waals surface area contributed by atoms with Crippen molar-refractivity contribution >= 4 is 17.6 Å². The minimum absolute atomic E-state index is 0.0328. The Morgan fingerprint density at radius 2 is 1.76 bits per heavy atom. The monoisotopic (exact) mass is 352 g/mol. The number of aryl methyl sites for hydroxylation is 1. The first-order valence-corrected chi connectivity index (χ1v) is 7.35. The van der Waals surface area contributed by atoms with Gasteiger partial charge in [-0.15, -0.1) is 0 Å². The summed E-state index contributed by atoms with van der Waals surface area (Å²) in [4.78, 5) is 27.9. The van der Waals surface area contributed by atoms with Crippen molar-refractivity contribution in [1.29, 1.82) is 0 Å². The predicted molar refractivity (Wildman–Crippen MR) is 84.3 cm³/mol. The Labute approximate surface area is 141 Å². The normalized spacial score (nSPS) is 11.1. The molecule has 0 aliphatic carbocycles. The van der Waals surface area contributed by atoms with Crippen molar-refractivity contribution < 1.29 is 27.5 Å². The molecule has 8 heteroatoms. The van der Waals surface area contributed by atoms with Crippen LogP contribution in [0.4, 0.5) is 18.9 Å². The average Bonchev–Trinajstić information content (AvgIpc) is 2.54. The lowest BCUT2D eigenvalue weighted by molar-refractivity contribution is -0.137. The van der Waals surface area contributed by atoms with Crippen molar-refractivity contribution in [3.05, 3.63) is 58.9 Å². The summed E-state index contributed by atoms with van der Waals surface area (Å²) in [6, 6.07) is 6.82. The van der Waals surface area contributed by atoms with E-state index in [1.807, 2.05) is 0 Å².